The van der Waals surface area contributed by atoms with Gasteiger partial charge in [-0.2, -0.15) is 0 Å². The van der Waals surface area contributed by atoms with Crippen LogP contribution < -0.4 is 5.32 Å². The summed E-state index contributed by atoms with van der Waals surface area (Å²) >= 11 is 0. The van der Waals surface area contributed by atoms with Gasteiger partial charge in [-0.25, -0.2) is 8.78 Å². The molecule has 2 heterocycles. The predicted octanol–water partition coefficient (Wildman–Crippen LogP) is 0.926. The molecule has 0 aliphatic carbocycles. The summed E-state index contributed by atoms with van der Waals surface area (Å²) in [6.45, 7) is 4.41. The van der Waals surface area contributed by atoms with E-state index in [2.05, 4.69) is 17.1 Å². The highest BCUT2D eigenvalue weighted by molar-refractivity contribution is 5.82. The van der Waals surface area contributed by atoms with Gasteiger partial charge in [-0.1, -0.05) is 6.92 Å². The molecule has 1 amide bonds. The molecule has 1 N–H and O–H groups in total. The van der Waals surface area contributed by atoms with Crippen LogP contribution in [0, 0.1) is 0 Å². The fourth-order valence-corrected chi connectivity index (χ4v) is 3.08. The Morgan fingerprint density at radius 1 is 1.53 bits per heavy atom. The van der Waals surface area contributed by atoms with Gasteiger partial charge in [0.05, 0.1) is 12.6 Å². The van der Waals surface area contributed by atoms with Crippen molar-refractivity contribution >= 4 is 5.91 Å². The fourth-order valence-electron chi connectivity index (χ4n) is 3.08. The molecule has 0 spiro atoms. The number of rotatable bonds is 4. The van der Waals surface area contributed by atoms with Gasteiger partial charge < -0.3 is 4.90 Å². The van der Waals surface area contributed by atoms with Crippen LogP contribution in [0.5, 0.6) is 0 Å². The fraction of sp³-hybridized carbons (Fsp3) is 0.923. The lowest BCUT2D eigenvalue weighted by atomic mass is 10.1. The van der Waals surface area contributed by atoms with Crippen LogP contribution in [0.4, 0.5) is 8.78 Å². The highest BCUT2D eigenvalue weighted by atomic mass is 19.3. The van der Waals surface area contributed by atoms with Crippen molar-refractivity contribution in [3.05, 3.63) is 0 Å². The lowest BCUT2D eigenvalue weighted by molar-refractivity contribution is -0.133. The van der Waals surface area contributed by atoms with Crippen molar-refractivity contribution in [2.75, 3.05) is 33.2 Å². The van der Waals surface area contributed by atoms with Gasteiger partial charge in [-0.05, 0) is 25.9 Å². The first-order valence-corrected chi connectivity index (χ1v) is 7.03. The number of nitrogens with zero attached hydrogens (tertiary/aromatic N) is 2. The van der Waals surface area contributed by atoms with Gasteiger partial charge in [0.2, 0.25) is 5.91 Å². The van der Waals surface area contributed by atoms with Gasteiger partial charge >= 0.3 is 0 Å². The molecule has 0 saturated carbocycles. The first kappa shape index (κ1) is 14.7. The average molecular weight is 275 g/mol. The molecule has 0 aromatic heterocycles. The molecule has 2 atom stereocenters. The Balaban J connectivity index is 1.86. The normalized spacial score (nSPS) is 30.7. The standard InChI is InChI=1S/C13H23F2N3O/c1-3-18-6-4-5-10(18)8-17(2)12(19)11-7-13(14,15)9-16-11/h10-11,16H,3-9H2,1-2H3. The van der Waals surface area contributed by atoms with E-state index in [1.54, 1.807) is 11.9 Å². The number of carbonyl (C=O) groups excluding carboxylic acids is 1. The number of likely N-dealkylation sites (N-methyl/N-ethyl adjacent to an activating group) is 2. The second-order valence-corrected chi connectivity index (χ2v) is 5.64. The highest BCUT2D eigenvalue weighted by Gasteiger charge is 2.43. The van der Waals surface area contributed by atoms with Crippen LogP contribution in [0.1, 0.15) is 26.2 Å². The third-order valence-electron chi connectivity index (χ3n) is 4.17. The minimum absolute atomic E-state index is 0.208. The molecule has 0 aromatic carbocycles. The van der Waals surface area contributed by atoms with E-state index in [0.717, 1.165) is 25.9 Å². The molecule has 2 fully saturated rings. The summed E-state index contributed by atoms with van der Waals surface area (Å²) < 4.78 is 26.2. The zero-order valence-corrected chi connectivity index (χ0v) is 11.7. The van der Waals surface area contributed by atoms with Gasteiger partial charge in [0.25, 0.3) is 5.92 Å². The Labute approximate surface area is 113 Å². The van der Waals surface area contributed by atoms with Crippen LogP contribution in [-0.2, 0) is 4.79 Å². The van der Waals surface area contributed by atoms with E-state index in [4.69, 9.17) is 0 Å². The monoisotopic (exact) mass is 275 g/mol. The second-order valence-electron chi connectivity index (χ2n) is 5.64. The number of amides is 1. The van der Waals surface area contributed by atoms with Crippen LogP contribution in [0.15, 0.2) is 0 Å². The van der Waals surface area contributed by atoms with Gasteiger partial charge in [0, 0.05) is 26.1 Å². The number of likely N-dealkylation sites (tertiary alicyclic amines) is 1. The van der Waals surface area contributed by atoms with Crippen LogP contribution in [0.2, 0.25) is 0 Å². The van der Waals surface area contributed by atoms with Crippen molar-refractivity contribution in [1.29, 1.82) is 0 Å². The van der Waals surface area contributed by atoms with Crippen molar-refractivity contribution < 1.29 is 13.6 Å². The summed E-state index contributed by atoms with van der Waals surface area (Å²) in [5.74, 6) is -2.95. The summed E-state index contributed by atoms with van der Waals surface area (Å²) in [5, 5.41) is 2.62. The molecule has 0 radical (unpaired) electrons. The first-order chi connectivity index (χ1) is 8.93. The number of carbonyl (C=O) groups is 1. The summed E-state index contributed by atoms with van der Waals surface area (Å²) in [6.07, 6.45) is 1.86. The molecule has 2 aliphatic heterocycles. The maximum atomic E-state index is 13.1. The summed E-state index contributed by atoms with van der Waals surface area (Å²) in [5.41, 5.74) is 0. The third-order valence-corrected chi connectivity index (χ3v) is 4.17. The topological polar surface area (TPSA) is 35.6 Å². The number of alkyl halides is 2. The lowest BCUT2D eigenvalue weighted by Gasteiger charge is -2.29. The minimum Gasteiger partial charge on any atom is -0.343 e. The Kier molecular flexibility index (Phi) is 4.40. The van der Waals surface area contributed by atoms with E-state index in [1.807, 2.05) is 0 Å². The zero-order chi connectivity index (χ0) is 14.0. The van der Waals surface area contributed by atoms with Gasteiger partial charge in [-0.15, -0.1) is 0 Å². The van der Waals surface area contributed by atoms with E-state index < -0.39 is 12.0 Å². The maximum Gasteiger partial charge on any atom is 0.262 e. The Morgan fingerprint density at radius 3 is 2.84 bits per heavy atom. The molecule has 0 aromatic rings. The molecule has 2 saturated heterocycles. The van der Waals surface area contributed by atoms with Gasteiger partial charge in [0.15, 0.2) is 0 Å². The SMILES string of the molecule is CCN1CCCC1CN(C)C(=O)C1CC(F)(F)CN1. The Bertz CT molecular complexity index is 338. The average Bonchev–Trinajstić information content (AvgIpc) is 2.94. The van der Waals surface area contributed by atoms with Crippen LogP contribution in [0.3, 0.4) is 0 Å². The lowest BCUT2D eigenvalue weighted by Crippen LogP contribution is -2.47. The van der Waals surface area contributed by atoms with Crippen molar-refractivity contribution in [3.63, 3.8) is 0 Å². The minimum atomic E-state index is -2.75. The zero-order valence-electron chi connectivity index (χ0n) is 11.7. The van der Waals surface area contributed by atoms with E-state index in [1.165, 1.54) is 0 Å². The largest absolute Gasteiger partial charge is 0.343 e. The molecule has 2 rings (SSSR count). The predicted molar refractivity (Wildman–Crippen MR) is 69.3 cm³/mol. The number of halogens is 2. The molecule has 2 unspecified atom stereocenters. The molecular weight excluding hydrogens is 252 g/mol. The maximum absolute atomic E-state index is 13.1. The smallest absolute Gasteiger partial charge is 0.262 e. The molecule has 110 valence electrons. The summed E-state index contributed by atoms with van der Waals surface area (Å²) in [4.78, 5) is 16.1. The van der Waals surface area contributed by atoms with Crippen LogP contribution in [-0.4, -0.2) is 66.9 Å². The van der Waals surface area contributed by atoms with Crippen molar-refractivity contribution in [1.82, 2.24) is 15.1 Å². The molecule has 2 aliphatic rings. The Morgan fingerprint density at radius 2 is 2.26 bits per heavy atom. The van der Waals surface area contributed by atoms with Crippen molar-refractivity contribution in [2.24, 2.45) is 0 Å². The second kappa shape index (κ2) is 5.71. The number of hydrogen-bond donors (Lipinski definition) is 1. The van der Waals surface area contributed by atoms with Crippen molar-refractivity contribution in [2.45, 2.75) is 44.2 Å². The highest BCUT2D eigenvalue weighted by Crippen LogP contribution is 2.26. The first-order valence-electron chi connectivity index (χ1n) is 7.03. The number of hydrogen-bond acceptors (Lipinski definition) is 3. The molecule has 6 heteroatoms. The van der Waals surface area contributed by atoms with E-state index in [9.17, 15) is 13.6 Å². The van der Waals surface area contributed by atoms with Gasteiger partial charge in [-0.3, -0.25) is 15.0 Å². The van der Waals surface area contributed by atoms with Crippen LogP contribution in [0.25, 0.3) is 0 Å². The van der Waals surface area contributed by atoms with E-state index >= 15 is 0 Å². The summed E-state index contributed by atoms with van der Waals surface area (Å²) in [7, 11) is 1.71. The molecule has 4 nitrogen and oxygen atoms in total. The van der Waals surface area contributed by atoms with E-state index in [-0.39, 0.29) is 18.9 Å². The summed E-state index contributed by atoms with van der Waals surface area (Å²) in [6, 6.07) is -0.350. The van der Waals surface area contributed by atoms with E-state index in [0.29, 0.717) is 12.6 Å². The third kappa shape index (κ3) is 3.42. The molecule has 0 bridgehead atoms. The van der Waals surface area contributed by atoms with Gasteiger partial charge in [0.1, 0.15) is 0 Å². The van der Waals surface area contributed by atoms with Crippen molar-refractivity contribution in [3.8, 4) is 0 Å². The quantitative estimate of drug-likeness (QED) is 0.829. The Hall–Kier alpha value is -0.750. The molecular formula is C13H23F2N3O. The van der Waals surface area contributed by atoms with Crippen LogP contribution >= 0.6 is 0 Å². The molecule has 19 heavy (non-hydrogen) atoms. The number of nitrogens with one attached hydrogen (secondary N) is 1.